The summed E-state index contributed by atoms with van der Waals surface area (Å²) in [4.78, 5) is 35.4. The summed E-state index contributed by atoms with van der Waals surface area (Å²) in [5.74, 6) is 0.00388. The van der Waals surface area contributed by atoms with E-state index in [1.165, 1.54) is 10.7 Å². The van der Waals surface area contributed by atoms with E-state index in [1.54, 1.807) is 22.1 Å². The number of pyridine rings is 2. The van der Waals surface area contributed by atoms with Crippen LogP contribution in [0.15, 0.2) is 30.6 Å². The van der Waals surface area contributed by atoms with Crippen molar-refractivity contribution >= 4 is 34.8 Å². The van der Waals surface area contributed by atoms with Crippen molar-refractivity contribution in [3.63, 3.8) is 0 Å². The quantitative estimate of drug-likeness (QED) is 0.581. The molecule has 0 atom stereocenters. The van der Waals surface area contributed by atoms with Crippen molar-refractivity contribution in [2.24, 2.45) is 0 Å². The summed E-state index contributed by atoms with van der Waals surface area (Å²) in [6, 6.07) is 4.89. The number of aryl methyl sites for hydroxylation is 1. The van der Waals surface area contributed by atoms with Crippen molar-refractivity contribution < 1.29 is 18.7 Å². The Morgan fingerprint density at radius 1 is 1.11 bits per heavy atom. The SMILES string of the molecule is Cc1cc2cc(NC(=O)N3CCc4c(N5CCN(C(=O)OC(C)(C)C)CC5)ccnc43)c(F)cn2n1. The topological polar surface area (TPSA) is 95.3 Å². The maximum absolute atomic E-state index is 14.6. The Kier molecular flexibility index (Phi) is 5.93. The zero-order valence-electron chi connectivity index (χ0n) is 20.9. The summed E-state index contributed by atoms with van der Waals surface area (Å²) in [6.45, 7) is 10.2. The number of carbonyl (C=O) groups is 2. The molecule has 1 saturated heterocycles. The second-order valence-corrected chi connectivity index (χ2v) is 10.1. The number of amides is 3. The van der Waals surface area contributed by atoms with Crippen LogP contribution in [0.1, 0.15) is 32.0 Å². The van der Waals surface area contributed by atoms with Gasteiger partial charge in [0.1, 0.15) is 11.4 Å². The number of fused-ring (bicyclic) bond motifs is 2. The van der Waals surface area contributed by atoms with Gasteiger partial charge in [0.15, 0.2) is 5.82 Å². The highest BCUT2D eigenvalue weighted by Gasteiger charge is 2.32. The molecule has 190 valence electrons. The summed E-state index contributed by atoms with van der Waals surface area (Å²) >= 11 is 0. The monoisotopic (exact) mass is 495 g/mol. The molecule has 0 saturated carbocycles. The lowest BCUT2D eigenvalue weighted by Crippen LogP contribution is -2.50. The standard InChI is InChI=1S/C25H30FN7O3/c1-16-13-17-14-20(19(26)15-33(17)29-16)28-23(34)32-8-6-18-21(5-7-27-22(18)32)30-9-11-31(12-10-30)24(35)36-25(2,3)4/h5,7,13-15H,6,8-12H2,1-4H3,(H,28,34). The van der Waals surface area contributed by atoms with E-state index < -0.39 is 17.4 Å². The molecule has 1 N–H and O–H groups in total. The molecule has 2 aliphatic rings. The second-order valence-electron chi connectivity index (χ2n) is 10.1. The number of nitrogens with zero attached hydrogens (tertiary/aromatic N) is 6. The van der Waals surface area contributed by atoms with Gasteiger partial charge in [0, 0.05) is 50.2 Å². The highest BCUT2D eigenvalue weighted by atomic mass is 19.1. The molecule has 2 aliphatic heterocycles. The number of ether oxygens (including phenoxy) is 1. The van der Waals surface area contributed by atoms with Gasteiger partial charge >= 0.3 is 12.1 Å². The van der Waals surface area contributed by atoms with Crippen LogP contribution in [-0.4, -0.2) is 69.9 Å². The van der Waals surface area contributed by atoms with E-state index in [0.29, 0.717) is 50.5 Å². The van der Waals surface area contributed by atoms with Gasteiger partial charge in [-0.15, -0.1) is 0 Å². The van der Waals surface area contributed by atoms with E-state index in [1.807, 2.05) is 39.8 Å². The lowest BCUT2D eigenvalue weighted by molar-refractivity contribution is 0.0240. The molecule has 3 aromatic rings. The fourth-order valence-corrected chi connectivity index (χ4v) is 4.64. The zero-order chi connectivity index (χ0) is 25.6. The third-order valence-corrected chi connectivity index (χ3v) is 6.28. The first-order chi connectivity index (χ1) is 17.1. The highest BCUT2D eigenvalue weighted by Crippen LogP contribution is 2.35. The zero-order valence-corrected chi connectivity index (χ0v) is 20.9. The van der Waals surface area contributed by atoms with E-state index >= 15 is 0 Å². The molecule has 5 heterocycles. The minimum absolute atomic E-state index is 0.0928. The largest absolute Gasteiger partial charge is 0.444 e. The minimum atomic E-state index is -0.567. The number of carbonyl (C=O) groups excluding carboxylic acids is 2. The number of urea groups is 1. The van der Waals surface area contributed by atoms with Crippen molar-refractivity contribution in [1.29, 1.82) is 0 Å². The number of hydrogen-bond acceptors (Lipinski definition) is 6. The smallest absolute Gasteiger partial charge is 0.410 e. The maximum atomic E-state index is 14.6. The number of halogens is 1. The van der Waals surface area contributed by atoms with Crippen LogP contribution in [-0.2, 0) is 11.2 Å². The fraction of sp³-hybridized carbons (Fsp3) is 0.440. The first-order valence-electron chi connectivity index (χ1n) is 12.0. The molecule has 10 nitrogen and oxygen atoms in total. The maximum Gasteiger partial charge on any atom is 0.410 e. The molecule has 1 fully saturated rings. The van der Waals surface area contributed by atoms with Gasteiger partial charge in [0.05, 0.1) is 23.1 Å². The van der Waals surface area contributed by atoms with Crippen molar-refractivity contribution in [2.75, 3.05) is 47.8 Å². The van der Waals surface area contributed by atoms with Gasteiger partial charge in [-0.3, -0.25) is 4.90 Å². The van der Waals surface area contributed by atoms with Gasteiger partial charge in [-0.2, -0.15) is 5.10 Å². The molecular formula is C25H30FN7O3. The number of anilines is 3. The number of piperazine rings is 1. The van der Waals surface area contributed by atoms with Gasteiger partial charge in [-0.25, -0.2) is 23.5 Å². The lowest BCUT2D eigenvalue weighted by Gasteiger charge is -2.37. The summed E-state index contributed by atoms with van der Waals surface area (Å²) in [5.41, 5.74) is 2.99. The molecule has 0 bridgehead atoms. The molecule has 3 aromatic heterocycles. The predicted octanol–water partition coefficient (Wildman–Crippen LogP) is 3.83. The number of rotatable bonds is 2. The summed E-state index contributed by atoms with van der Waals surface area (Å²) in [7, 11) is 0. The van der Waals surface area contributed by atoms with Crippen molar-refractivity contribution in [1.82, 2.24) is 19.5 Å². The first-order valence-corrected chi connectivity index (χ1v) is 12.0. The number of hydrogen-bond donors (Lipinski definition) is 1. The third kappa shape index (κ3) is 4.65. The van der Waals surface area contributed by atoms with E-state index in [4.69, 9.17) is 4.74 Å². The molecule has 11 heteroatoms. The van der Waals surface area contributed by atoms with Crippen molar-refractivity contribution in [2.45, 2.75) is 39.7 Å². The summed E-state index contributed by atoms with van der Waals surface area (Å²) in [5, 5.41) is 6.89. The molecule has 0 aromatic carbocycles. The average molecular weight is 496 g/mol. The van der Waals surface area contributed by atoms with E-state index in [2.05, 4.69) is 20.3 Å². The Bertz CT molecular complexity index is 1330. The molecule has 0 aliphatic carbocycles. The van der Waals surface area contributed by atoms with E-state index in [0.717, 1.165) is 16.9 Å². The normalized spacial score (nSPS) is 15.9. The molecular weight excluding hydrogens is 465 g/mol. The Morgan fingerprint density at radius 2 is 1.86 bits per heavy atom. The van der Waals surface area contributed by atoms with Crippen LogP contribution in [0.2, 0.25) is 0 Å². The van der Waals surface area contributed by atoms with E-state index in [9.17, 15) is 14.0 Å². The van der Waals surface area contributed by atoms with Gasteiger partial charge < -0.3 is 19.9 Å². The van der Waals surface area contributed by atoms with Crippen LogP contribution in [0.3, 0.4) is 0 Å². The van der Waals surface area contributed by atoms with Crippen LogP contribution in [0.4, 0.5) is 31.2 Å². The van der Waals surface area contributed by atoms with Gasteiger partial charge in [-0.05, 0) is 52.3 Å². The Hall–Kier alpha value is -3.89. The van der Waals surface area contributed by atoms with Crippen LogP contribution in [0.25, 0.3) is 5.52 Å². The molecule has 0 spiro atoms. The summed E-state index contributed by atoms with van der Waals surface area (Å²) in [6.07, 6.45) is 3.27. The Labute approximate surface area is 208 Å². The predicted molar refractivity (Wildman–Crippen MR) is 134 cm³/mol. The number of nitrogens with one attached hydrogen (secondary N) is 1. The van der Waals surface area contributed by atoms with Gasteiger partial charge in [-0.1, -0.05) is 0 Å². The van der Waals surface area contributed by atoms with Crippen LogP contribution >= 0.6 is 0 Å². The second kappa shape index (κ2) is 8.96. The van der Waals surface area contributed by atoms with Crippen molar-refractivity contribution in [3.05, 3.63) is 47.7 Å². The Morgan fingerprint density at radius 3 is 2.58 bits per heavy atom. The first kappa shape index (κ1) is 23.8. The summed E-state index contributed by atoms with van der Waals surface area (Å²) < 4.78 is 21.5. The third-order valence-electron chi connectivity index (χ3n) is 6.28. The van der Waals surface area contributed by atoms with Crippen LogP contribution in [0, 0.1) is 12.7 Å². The number of aromatic nitrogens is 3. The molecule has 5 rings (SSSR count). The molecule has 3 amide bonds. The van der Waals surface area contributed by atoms with Crippen molar-refractivity contribution in [3.8, 4) is 0 Å². The molecule has 0 radical (unpaired) electrons. The van der Waals surface area contributed by atoms with E-state index in [-0.39, 0.29) is 11.8 Å². The highest BCUT2D eigenvalue weighted by molar-refractivity contribution is 6.03. The molecule has 0 unspecified atom stereocenters. The lowest BCUT2D eigenvalue weighted by atomic mass is 10.1. The fourth-order valence-electron chi connectivity index (χ4n) is 4.64. The average Bonchev–Trinajstić information content (AvgIpc) is 3.40. The van der Waals surface area contributed by atoms with Crippen LogP contribution in [0.5, 0.6) is 0 Å². The Balaban J connectivity index is 1.29. The van der Waals surface area contributed by atoms with Gasteiger partial charge in [0.2, 0.25) is 0 Å². The van der Waals surface area contributed by atoms with Gasteiger partial charge in [0.25, 0.3) is 0 Å². The minimum Gasteiger partial charge on any atom is -0.444 e. The molecule has 36 heavy (non-hydrogen) atoms. The van der Waals surface area contributed by atoms with Crippen LogP contribution < -0.4 is 15.1 Å².